The van der Waals surface area contributed by atoms with E-state index < -0.39 is 22.9 Å². The van der Waals surface area contributed by atoms with Crippen molar-refractivity contribution >= 4 is 11.9 Å². The van der Waals surface area contributed by atoms with Crippen molar-refractivity contribution in [3.63, 3.8) is 0 Å². The Kier molecular flexibility index (Phi) is 4.79. The molecule has 3 aromatic rings. The molecule has 0 aliphatic carbocycles. The first-order chi connectivity index (χ1) is 12.5. The molecule has 0 bridgehead atoms. The average molecular weight is 353 g/mol. The number of hydrogen-bond acceptors (Lipinski definition) is 4. The van der Waals surface area contributed by atoms with E-state index in [1.165, 1.54) is 18.3 Å². The maximum absolute atomic E-state index is 13.1. The molecule has 0 atom stereocenters. The van der Waals surface area contributed by atoms with Crippen molar-refractivity contribution in [2.24, 2.45) is 4.99 Å². The molecular weight excluding hydrogens is 337 g/mol. The van der Waals surface area contributed by atoms with E-state index in [0.717, 1.165) is 28.7 Å². The lowest BCUT2D eigenvalue weighted by Gasteiger charge is -2.09. The molecule has 3 rings (SSSR count). The molecule has 0 radical (unpaired) electrons. The second kappa shape index (κ2) is 7.18. The monoisotopic (exact) mass is 353 g/mol. The predicted octanol–water partition coefficient (Wildman–Crippen LogP) is 2.68. The summed E-state index contributed by atoms with van der Waals surface area (Å²) < 4.78 is 14.0. The second-order valence-electron chi connectivity index (χ2n) is 5.55. The largest absolute Gasteiger partial charge is 0.493 e. The fraction of sp³-hybridized carbons (Fsp3) is 0.105. The third-order valence-electron chi connectivity index (χ3n) is 3.91. The van der Waals surface area contributed by atoms with Crippen LogP contribution in [0.1, 0.15) is 18.1 Å². The molecule has 0 aliphatic heterocycles. The summed E-state index contributed by atoms with van der Waals surface area (Å²) in [5.74, 6) is -1.05. The molecule has 1 heterocycles. The van der Waals surface area contributed by atoms with Crippen molar-refractivity contribution in [2.45, 2.75) is 13.3 Å². The van der Waals surface area contributed by atoms with Gasteiger partial charge in [-0.05, 0) is 42.3 Å². The highest BCUT2D eigenvalue weighted by molar-refractivity contribution is 5.84. The molecule has 26 heavy (non-hydrogen) atoms. The third kappa shape index (κ3) is 3.32. The zero-order valence-corrected chi connectivity index (χ0v) is 13.9. The van der Waals surface area contributed by atoms with Gasteiger partial charge in [0.25, 0.3) is 5.56 Å². The number of nitrogens with one attached hydrogen (secondary N) is 1. The van der Waals surface area contributed by atoms with Crippen molar-refractivity contribution in [2.75, 3.05) is 0 Å². The van der Waals surface area contributed by atoms with Gasteiger partial charge in [-0.3, -0.25) is 14.8 Å². The van der Waals surface area contributed by atoms with Crippen molar-refractivity contribution in [3.8, 4) is 11.6 Å². The Morgan fingerprint density at radius 3 is 2.54 bits per heavy atom. The molecule has 0 saturated heterocycles. The highest BCUT2D eigenvalue weighted by Gasteiger charge is 2.14. The maximum atomic E-state index is 13.1. The SMILES string of the molecule is CCc1ccccc1N=Cc1c(O)n(-c2ccc(F)cc2)c(=O)[nH]c1=O. The van der Waals surface area contributed by atoms with E-state index in [0.29, 0.717) is 5.69 Å². The first-order valence-electron chi connectivity index (χ1n) is 7.97. The molecule has 0 amide bonds. The van der Waals surface area contributed by atoms with Gasteiger partial charge in [-0.15, -0.1) is 0 Å². The molecule has 0 unspecified atom stereocenters. The second-order valence-corrected chi connectivity index (χ2v) is 5.55. The number of rotatable bonds is 4. The first-order valence-corrected chi connectivity index (χ1v) is 7.97. The zero-order valence-electron chi connectivity index (χ0n) is 13.9. The lowest BCUT2D eigenvalue weighted by Crippen LogP contribution is -2.31. The van der Waals surface area contributed by atoms with Crippen LogP contribution in [-0.2, 0) is 6.42 Å². The van der Waals surface area contributed by atoms with Gasteiger partial charge in [0.05, 0.1) is 11.4 Å². The van der Waals surface area contributed by atoms with Crippen LogP contribution in [0.5, 0.6) is 5.88 Å². The summed E-state index contributed by atoms with van der Waals surface area (Å²) in [7, 11) is 0. The summed E-state index contributed by atoms with van der Waals surface area (Å²) in [6, 6.07) is 12.3. The van der Waals surface area contributed by atoms with Crippen molar-refractivity contribution in [1.82, 2.24) is 9.55 Å². The molecule has 7 heteroatoms. The quantitative estimate of drug-likeness (QED) is 0.707. The standard InChI is InChI=1S/C19H16FN3O3/c1-2-12-5-3-4-6-16(12)21-11-15-17(24)22-19(26)23(18(15)25)14-9-7-13(20)8-10-14/h3-11,25H,2H2,1H3,(H,22,24,26). The van der Waals surface area contributed by atoms with Crippen molar-refractivity contribution in [1.29, 1.82) is 0 Å². The van der Waals surface area contributed by atoms with Crippen LogP contribution in [0.15, 0.2) is 63.1 Å². The summed E-state index contributed by atoms with van der Waals surface area (Å²) in [4.78, 5) is 30.6. The van der Waals surface area contributed by atoms with Gasteiger partial charge >= 0.3 is 5.69 Å². The fourth-order valence-electron chi connectivity index (χ4n) is 2.55. The van der Waals surface area contributed by atoms with Crippen LogP contribution < -0.4 is 11.2 Å². The van der Waals surface area contributed by atoms with Crippen LogP contribution in [0.25, 0.3) is 5.69 Å². The number of aromatic amines is 1. The van der Waals surface area contributed by atoms with E-state index >= 15 is 0 Å². The van der Waals surface area contributed by atoms with Gasteiger partial charge in [-0.1, -0.05) is 25.1 Å². The van der Waals surface area contributed by atoms with E-state index in [1.807, 2.05) is 25.1 Å². The summed E-state index contributed by atoms with van der Waals surface area (Å²) in [5, 5.41) is 10.4. The van der Waals surface area contributed by atoms with Crippen LogP contribution in [0, 0.1) is 5.82 Å². The Labute approximate surface area is 147 Å². The van der Waals surface area contributed by atoms with E-state index in [-0.39, 0.29) is 11.3 Å². The Balaban J connectivity index is 2.12. The highest BCUT2D eigenvalue weighted by atomic mass is 19.1. The maximum Gasteiger partial charge on any atom is 0.335 e. The lowest BCUT2D eigenvalue weighted by atomic mass is 10.1. The van der Waals surface area contributed by atoms with E-state index in [2.05, 4.69) is 9.98 Å². The Bertz CT molecular complexity index is 1080. The molecule has 0 aliphatic rings. The molecule has 6 nitrogen and oxygen atoms in total. The average Bonchev–Trinajstić information content (AvgIpc) is 2.63. The van der Waals surface area contributed by atoms with E-state index in [1.54, 1.807) is 6.07 Å². The van der Waals surface area contributed by atoms with Crippen molar-refractivity contribution < 1.29 is 9.50 Å². The lowest BCUT2D eigenvalue weighted by molar-refractivity contribution is 0.430. The number of hydrogen-bond donors (Lipinski definition) is 2. The number of para-hydroxylation sites is 1. The fourth-order valence-corrected chi connectivity index (χ4v) is 2.55. The molecule has 0 spiro atoms. The van der Waals surface area contributed by atoms with Gasteiger partial charge in [0.2, 0.25) is 5.88 Å². The summed E-state index contributed by atoms with van der Waals surface area (Å²) in [5.41, 5.74) is 0.0993. The highest BCUT2D eigenvalue weighted by Crippen LogP contribution is 2.20. The normalized spacial score (nSPS) is 11.2. The molecule has 132 valence electrons. The predicted molar refractivity (Wildman–Crippen MR) is 97.4 cm³/mol. The number of aliphatic imine (C=N–C) groups is 1. The van der Waals surface area contributed by atoms with Crippen LogP contribution in [-0.4, -0.2) is 20.9 Å². The number of aromatic hydroxyl groups is 1. The van der Waals surface area contributed by atoms with Crippen LogP contribution in [0.2, 0.25) is 0 Å². The summed E-state index contributed by atoms with van der Waals surface area (Å²) in [6.07, 6.45) is 1.97. The Morgan fingerprint density at radius 1 is 1.15 bits per heavy atom. The van der Waals surface area contributed by atoms with Gasteiger partial charge < -0.3 is 5.11 Å². The van der Waals surface area contributed by atoms with Gasteiger partial charge in [0.1, 0.15) is 11.4 Å². The molecule has 2 aromatic carbocycles. The first kappa shape index (κ1) is 17.3. The Hall–Kier alpha value is -3.48. The number of nitrogens with zero attached hydrogens (tertiary/aromatic N) is 2. The molecular formula is C19H16FN3O3. The smallest absolute Gasteiger partial charge is 0.335 e. The van der Waals surface area contributed by atoms with Gasteiger partial charge in [0, 0.05) is 6.21 Å². The summed E-state index contributed by atoms with van der Waals surface area (Å²) >= 11 is 0. The van der Waals surface area contributed by atoms with Gasteiger partial charge in [0.15, 0.2) is 0 Å². The minimum atomic E-state index is -0.829. The number of benzene rings is 2. The third-order valence-corrected chi connectivity index (χ3v) is 3.91. The van der Waals surface area contributed by atoms with E-state index in [4.69, 9.17) is 0 Å². The molecule has 0 saturated carbocycles. The molecule has 0 fully saturated rings. The Morgan fingerprint density at radius 2 is 1.85 bits per heavy atom. The van der Waals surface area contributed by atoms with Gasteiger partial charge in [-0.2, -0.15) is 0 Å². The molecule has 1 aromatic heterocycles. The molecule has 2 N–H and O–H groups in total. The minimum absolute atomic E-state index is 0.167. The van der Waals surface area contributed by atoms with Crippen LogP contribution >= 0.6 is 0 Å². The topological polar surface area (TPSA) is 87.4 Å². The number of aryl methyl sites for hydroxylation is 1. The van der Waals surface area contributed by atoms with Crippen LogP contribution in [0.3, 0.4) is 0 Å². The van der Waals surface area contributed by atoms with Crippen molar-refractivity contribution in [3.05, 3.63) is 86.3 Å². The van der Waals surface area contributed by atoms with E-state index in [9.17, 15) is 19.1 Å². The van der Waals surface area contributed by atoms with Crippen LogP contribution in [0.4, 0.5) is 10.1 Å². The number of halogens is 1. The van der Waals surface area contributed by atoms with Gasteiger partial charge in [-0.25, -0.2) is 13.8 Å². The number of H-pyrrole nitrogens is 1. The zero-order chi connectivity index (χ0) is 18.7. The number of aromatic nitrogens is 2. The summed E-state index contributed by atoms with van der Waals surface area (Å²) in [6.45, 7) is 1.98. The minimum Gasteiger partial charge on any atom is -0.493 e.